The zero-order valence-corrected chi connectivity index (χ0v) is 15.5. The number of methoxy groups -OCH3 is 1. The van der Waals surface area contributed by atoms with E-state index in [1.165, 1.54) is 7.11 Å². The second-order valence-electron chi connectivity index (χ2n) is 5.22. The Hall–Kier alpha value is -2.67. The average Bonchev–Trinajstić information content (AvgIpc) is 2.61. The zero-order valence-electron chi connectivity index (χ0n) is 13.9. The number of anilines is 1. The van der Waals surface area contributed by atoms with Gasteiger partial charge in [-0.05, 0) is 43.3 Å². The van der Waals surface area contributed by atoms with Crippen LogP contribution in [-0.2, 0) is 4.79 Å². The SMILES string of the molecule is COc1ccccc1C(=O)NN=C(C)CC(=O)Nc1ccc(Br)cc1. The van der Waals surface area contributed by atoms with Crippen molar-refractivity contribution in [3.63, 3.8) is 0 Å². The average molecular weight is 404 g/mol. The Labute approximate surface area is 154 Å². The molecule has 0 aromatic heterocycles. The summed E-state index contributed by atoms with van der Waals surface area (Å²) in [5, 5.41) is 6.73. The molecule has 25 heavy (non-hydrogen) atoms. The fourth-order valence-electron chi connectivity index (χ4n) is 2.05. The van der Waals surface area contributed by atoms with Gasteiger partial charge in [0.25, 0.3) is 5.91 Å². The first-order valence-electron chi connectivity index (χ1n) is 7.51. The lowest BCUT2D eigenvalue weighted by molar-refractivity contribution is -0.115. The number of rotatable bonds is 6. The second kappa shape index (κ2) is 8.98. The largest absolute Gasteiger partial charge is 0.496 e. The van der Waals surface area contributed by atoms with Crippen molar-refractivity contribution in [1.29, 1.82) is 0 Å². The maximum Gasteiger partial charge on any atom is 0.275 e. The van der Waals surface area contributed by atoms with E-state index < -0.39 is 5.91 Å². The standard InChI is InChI=1S/C18H18BrN3O3/c1-12(11-17(23)20-14-9-7-13(19)8-10-14)21-22-18(24)15-5-3-4-6-16(15)25-2/h3-10H,11H2,1-2H3,(H,20,23)(H,22,24). The molecule has 0 saturated carbocycles. The van der Waals surface area contributed by atoms with Crippen LogP contribution in [-0.4, -0.2) is 24.6 Å². The summed E-state index contributed by atoms with van der Waals surface area (Å²) < 4.78 is 6.07. The van der Waals surface area contributed by atoms with Crippen molar-refractivity contribution >= 4 is 39.1 Å². The van der Waals surface area contributed by atoms with Crippen LogP contribution in [0.3, 0.4) is 0 Å². The normalized spacial score (nSPS) is 10.9. The van der Waals surface area contributed by atoms with Crippen LogP contribution < -0.4 is 15.5 Å². The zero-order chi connectivity index (χ0) is 18.2. The molecule has 0 heterocycles. The number of ether oxygens (including phenoxy) is 1. The Morgan fingerprint density at radius 3 is 2.48 bits per heavy atom. The molecular formula is C18H18BrN3O3. The topological polar surface area (TPSA) is 79.8 Å². The molecule has 2 amide bonds. The van der Waals surface area contributed by atoms with Crippen molar-refractivity contribution in [1.82, 2.24) is 5.43 Å². The summed E-state index contributed by atoms with van der Waals surface area (Å²) in [6.07, 6.45) is 0.0717. The fraction of sp³-hybridized carbons (Fsp3) is 0.167. The van der Waals surface area contributed by atoms with Gasteiger partial charge in [0.2, 0.25) is 5.91 Å². The molecule has 0 fully saturated rings. The molecule has 2 aromatic rings. The summed E-state index contributed by atoms with van der Waals surface area (Å²) in [6.45, 7) is 1.67. The molecular weight excluding hydrogens is 386 g/mol. The Kier molecular flexibility index (Phi) is 6.71. The Bertz CT molecular complexity index is 788. The first kappa shape index (κ1) is 18.7. The van der Waals surface area contributed by atoms with Crippen LogP contribution in [0.1, 0.15) is 23.7 Å². The van der Waals surface area contributed by atoms with Crippen LogP contribution in [0.15, 0.2) is 58.1 Å². The Morgan fingerprint density at radius 2 is 1.80 bits per heavy atom. The highest BCUT2D eigenvalue weighted by Gasteiger charge is 2.11. The van der Waals surface area contributed by atoms with Gasteiger partial charge in [0.1, 0.15) is 5.75 Å². The summed E-state index contributed by atoms with van der Waals surface area (Å²) >= 11 is 3.33. The van der Waals surface area contributed by atoms with Gasteiger partial charge in [-0.1, -0.05) is 28.1 Å². The van der Waals surface area contributed by atoms with Crippen molar-refractivity contribution in [2.45, 2.75) is 13.3 Å². The van der Waals surface area contributed by atoms with E-state index >= 15 is 0 Å². The van der Waals surface area contributed by atoms with Gasteiger partial charge in [0.05, 0.1) is 19.1 Å². The number of para-hydroxylation sites is 1. The van der Waals surface area contributed by atoms with Crippen molar-refractivity contribution < 1.29 is 14.3 Å². The molecule has 0 spiro atoms. The van der Waals surface area contributed by atoms with Gasteiger partial charge in [-0.3, -0.25) is 9.59 Å². The van der Waals surface area contributed by atoms with Crippen molar-refractivity contribution in [2.75, 3.05) is 12.4 Å². The molecule has 0 saturated heterocycles. The molecule has 0 aliphatic carbocycles. The highest BCUT2D eigenvalue weighted by molar-refractivity contribution is 9.10. The van der Waals surface area contributed by atoms with E-state index in [-0.39, 0.29) is 12.3 Å². The Balaban J connectivity index is 1.91. The third-order valence-corrected chi connectivity index (χ3v) is 3.77. The highest BCUT2D eigenvalue weighted by Crippen LogP contribution is 2.17. The van der Waals surface area contributed by atoms with Crippen LogP contribution in [0.2, 0.25) is 0 Å². The first-order valence-corrected chi connectivity index (χ1v) is 8.31. The van der Waals surface area contributed by atoms with Crippen LogP contribution in [0.25, 0.3) is 0 Å². The second-order valence-corrected chi connectivity index (χ2v) is 6.14. The van der Waals surface area contributed by atoms with Crippen LogP contribution in [0.4, 0.5) is 5.69 Å². The van der Waals surface area contributed by atoms with E-state index in [4.69, 9.17) is 4.74 Å². The molecule has 6 nitrogen and oxygen atoms in total. The molecule has 2 aromatic carbocycles. The summed E-state index contributed by atoms with van der Waals surface area (Å²) in [5.74, 6) is -0.152. The minimum absolute atomic E-state index is 0.0717. The maximum absolute atomic E-state index is 12.1. The number of carbonyl (C=O) groups is 2. The summed E-state index contributed by atoms with van der Waals surface area (Å²) in [4.78, 5) is 24.1. The van der Waals surface area contributed by atoms with Gasteiger partial charge in [0.15, 0.2) is 0 Å². The third kappa shape index (κ3) is 5.72. The molecule has 0 radical (unpaired) electrons. The van der Waals surface area contributed by atoms with Crippen LogP contribution in [0.5, 0.6) is 5.75 Å². The van der Waals surface area contributed by atoms with Crippen LogP contribution in [0, 0.1) is 0 Å². The van der Waals surface area contributed by atoms with E-state index in [2.05, 4.69) is 31.8 Å². The lowest BCUT2D eigenvalue weighted by Crippen LogP contribution is -2.22. The van der Waals surface area contributed by atoms with Crippen molar-refractivity contribution in [3.05, 3.63) is 58.6 Å². The van der Waals surface area contributed by atoms with E-state index in [1.54, 1.807) is 43.3 Å². The first-order chi connectivity index (χ1) is 12.0. The smallest absolute Gasteiger partial charge is 0.275 e. The van der Waals surface area contributed by atoms with Gasteiger partial charge >= 0.3 is 0 Å². The monoisotopic (exact) mass is 403 g/mol. The predicted octanol–water partition coefficient (Wildman–Crippen LogP) is 3.59. The summed E-state index contributed by atoms with van der Waals surface area (Å²) in [5.41, 5.74) is 3.99. The number of amides is 2. The minimum Gasteiger partial charge on any atom is -0.496 e. The van der Waals surface area contributed by atoms with Gasteiger partial charge in [0, 0.05) is 15.9 Å². The van der Waals surface area contributed by atoms with E-state index in [9.17, 15) is 9.59 Å². The molecule has 2 rings (SSSR count). The van der Waals surface area contributed by atoms with Crippen molar-refractivity contribution in [3.8, 4) is 5.75 Å². The van der Waals surface area contributed by atoms with Crippen LogP contribution >= 0.6 is 15.9 Å². The van der Waals surface area contributed by atoms with Gasteiger partial charge in [-0.25, -0.2) is 5.43 Å². The third-order valence-electron chi connectivity index (χ3n) is 3.24. The number of nitrogens with zero attached hydrogens (tertiary/aromatic N) is 1. The number of nitrogens with one attached hydrogen (secondary N) is 2. The molecule has 0 aliphatic heterocycles. The lowest BCUT2D eigenvalue weighted by Gasteiger charge is -2.07. The van der Waals surface area contributed by atoms with Gasteiger partial charge in [-0.15, -0.1) is 0 Å². The number of hydrazone groups is 1. The number of hydrogen-bond donors (Lipinski definition) is 2. The predicted molar refractivity (Wildman–Crippen MR) is 101 cm³/mol. The molecule has 0 aliphatic rings. The molecule has 7 heteroatoms. The van der Waals surface area contributed by atoms with E-state index in [0.717, 1.165) is 4.47 Å². The molecule has 0 atom stereocenters. The molecule has 130 valence electrons. The summed E-state index contributed by atoms with van der Waals surface area (Å²) in [6, 6.07) is 14.1. The van der Waals surface area contributed by atoms with Gasteiger partial charge < -0.3 is 10.1 Å². The molecule has 2 N–H and O–H groups in total. The number of benzene rings is 2. The molecule has 0 bridgehead atoms. The van der Waals surface area contributed by atoms with E-state index in [0.29, 0.717) is 22.7 Å². The number of halogens is 1. The Morgan fingerprint density at radius 1 is 1.12 bits per heavy atom. The minimum atomic E-state index is -0.398. The van der Waals surface area contributed by atoms with E-state index in [1.807, 2.05) is 12.1 Å². The van der Waals surface area contributed by atoms with Gasteiger partial charge in [-0.2, -0.15) is 5.10 Å². The summed E-state index contributed by atoms with van der Waals surface area (Å²) in [7, 11) is 1.49. The molecule has 0 unspecified atom stereocenters. The fourth-order valence-corrected chi connectivity index (χ4v) is 2.31. The maximum atomic E-state index is 12.1. The highest BCUT2D eigenvalue weighted by atomic mass is 79.9. The quantitative estimate of drug-likeness (QED) is 0.571. The number of carbonyl (C=O) groups excluding carboxylic acids is 2. The number of hydrogen-bond acceptors (Lipinski definition) is 4. The van der Waals surface area contributed by atoms with Crippen molar-refractivity contribution in [2.24, 2.45) is 5.10 Å². The lowest BCUT2D eigenvalue weighted by atomic mass is 10.2.